The molecule has 0 unspecified atom stereocenters. The molecule has 160 valence electrons. The zero-order valence-electron chi connectivity index (χ0n) is 17.8. The molecule has 0 saturated carbocycles. The fourth-order valence-corrected chi connectivity index (χ4v) is 3.55. The molecule has 31 heavy (non-hydrogen) atoms. The summed E-state index contributed by atoms with van der Waals surface area (Å²) >= 11 is 0. The number of nitrogens with zero attached hydrogens (tertiary/aromatic N) is 2. The molecule has 0 spiro atoms. The van der Waals surface area contributed by atoms with Gasteiger partial charge in [-0.3, -0.25) is 9.20 Å². The molecule has 0 amide bonds. The molecule has 1 aliphatic heterocycles. The molecule has 0 aliphatic carbocycles. The van der Waals surface area contributed by atoms with Crippen LogP contribution in [0.15, 0.2) is 47.4 Å². The second-order valence-corrected chi connectivity index (χ2v) is 7.52. The number of esters is 1. The van der Waals surface area contributed by atoms with Gasteiger partial charge in [-0.05, 0) is 50.6 Å². The summed E-state index contributed by atoms with van der Waals surface area (Å²) in [6, 6.07) is 8.84. The molecule has 4 rings (SSSR count). The summed E-state index contributed by atoms with van der Waals surface area (Å²) < 4.78 is 18.3. The first kappa shape index (κ1) is 20.7. The molecule has 1 aromatic carbocycles. The van der Waals surface area contributed by atoms with Gasteiger partial charge in [0.1, 0.15) is 29.9 Å². The van der Waals surface area contributed by atoms with Crippen LogP contribution in [0.4, 0.5) is 0 Å². The first-order chi connectivity index (χ1) is 14.9. The van der Waals surface area contributed by atoms with Crippen LogP contribution in [0.5, 0.6) is 11.5 Å². The SMILES string of the molecule is CCOc1cc2c(cc1/C=C/C(=O)OCc1cc(=O)n3cc(C)ccc3n1)O[C@@H](C)C2. The maximum Gasteiger partial charge on any atom is 0.331 e. The number of pyridine rings is 1. The highest BCUT2D eigenvalue weighted by atomic mass is 16.5. The smallest absolute Gasteiger partial charge is 0.331 e. The lowest BCUT2D eigenvalue weighted by atomic mass is 10.1. The Balaban J connectivity index is 1.47. The van der Waals surface area contributed by atoms with Crippen molar-refractivity contribution in [2.24, 2.45) is 0 Å². The van der Waals surface area contributed by atoms with Gasteiger partial charge in [-0.25, -0.2) is 9.78 Å². The molecule has 7 nitrogen and oxygen atoms in total. The monoisotopic (exact) mass is 420 g/mol. The summed E-state index contributed by atoms with van der Waals surface area (Å²) in [6.07, 6.45) is 5.65. The zero-order valence-corrected chi connectivity index (χ0v) is 17.8. The molecular formula is C24H24N2O5. The number of carbonyl (C=O) groups is 1. The lowest BCUT2D eigenvalue weighted by Crippen LogP contribution is -2.16. The predicted molar refractivity (Wildman–Crippen MR) is 116 cm³/mol. The molecule has 1 aliphatic rings. The third-order valence-electron chi connectivity index (χ3n) is 4.95. The van der Waals surface area contributed by atoms with E-state index in [0.717, 1.165) is 28.9 Å². The van der Waals surface area contributed by atoms with E-state index in [-0.39, 0.29) is 18.3 Å². The van der Waals surface area contributed by atoms with Crippen LogP contribution in [0.3, 0.4) is 0 Å². The van der Waals surface area contributed by atoms with Crippen molar-refractivity contribution in [3.8, 4) is 11.5 Å². The number of ether oxygens (including phenoxy) is 3. The zero-order chi connectivity index (χ0) is 22.0. The first-order valence-corrected chi connectivity index (χ1v) is 10.2. The maximum atomic E-state index is 12.3. The van der Waals surface area contributed by atoms with Crippen molar-refractivity contribution in [3.63, 3.8) is 0 Å². The van der Waals surface area contributed by atoms with E-state index in [1.807, 2.05) is 39.0 Å². The number of hydrogen-bond acceptors (Lipinski definition) is 6. The number of aryl methyl sites for hydroxylation is 1. The quantitative estimate of drug-likeness (QED) is 0.449. The highest BCUT2D eigenvalue weighted by molar-refractivity contribution is 5.87. The Morgan fingerprint density at radius 3 is 2.97 bits per heavy atom. The van der Waals surface area contributed by atoms with Crippen molar-refractivity contribution in [3.05, 3.63) is 75.3 Å². The molecule has 0 N–H and O–H groups in total. The molecule has 3 aromatic rings. The van der Waals surface area contributed by atoms with Crippen molar-refractivity contribution in [2.45, 2.75) is 39.9 Å². The van der Waals surface area contributed by atoms with Gasteiger partial charge in [0.2, 0.25) is 0 Å². The van der Waals surface area contributed by atoms with Gasteiger partial charge in [0.05, 0.1) is 12.3 Å². The maximum absolute atomic E-state index is 12.3. The van der Waals surface area contributed by atoms with Crippen molar-refractivity contribution >= 4 is 17.7 Å². The summed E-state index contributed by atoms with van der Waals surface area (Å²) in [6.45, 7) is 6.25. The Morgan fingerprint density at radius 2 is 2.16 bits per heavy atom. The minimum absolute atomic E-state index is 0.0913. The van der Waals surface area contributed by atoms with Gasteiger partial charge >= 0.3 is 5.97 Å². The highest BCUT2D eigenvalue weighted by Crippen LogP contribution is 2.35. The lowest BCUT2D eigenvalue weighted by molar-refractivity contribution is -0.139. The number of fused-ring (bicyclic) bond motifs is 2. The van der Waals surface area contributed by atoms with Crippen molar-refractivity contribution in [1.82, 2.24) is 9.38 Å². The van der Waals surface area contributed by atoms with E-state index in [0.29, 0.717) is 23.7 Å². The van der Waals surface area contributed by atoms with Gasteiger partial charge in [0.25, 0.3) is 5.56 Å². The molecule has 1 atom stereocenters. The van der Waals surface area contributed by atoms with Gasteiger partial charge in [-0.2, -0.15) is 0 Å². The summed E-state index contributed by atoms with van der Waals surface area (Å²) in [5.41, 5.74) is 3.48. The number of rotatable bonds is 6. The van der Waals surface area contributed by atoms with Crippen molar-refractivity contribution < 1.29 is 19.0 Å². The fraction of sp³-hybridized carbons (Fsp3) is 0.292. The van der Waals surface area contributed by atoms with Gasteiger partial charge in [0, 0.05) is 35.9 Å². The molecule has 2 aromatic heterocycles. The summed E-state index contributed by atoms with van der Waals surface area (Å²) in [7, 11) is 0. The number of hydrogen-bond donors (Lipinski definition) is 0. The molecule has 0 radical (unpaired) electrons. The van der Waals surface area contributed by atoms with E-state index < -0.39 is 5.97 Å². The number of benzene rings is 1. The molecule has 0 bridgehead atoms. The Hall–Kier alpha value is -3.61. The van der Waals surface area contributed by atoms with Crippen LogP contribution < -0.4 is 15.0 Å². The van der Waals surface area contributed by atoms with E-state index in [1.54, 1.807) is 18.3 Å². The van der Waals surface area contributed by atoms with Crippen molar-refractivity contribution in [2.75, 3.05) is 6.61 Å². The average molecular weight is 420 g/mol. The van der Waals surface area contributed by atoms with Crippen molar-refractivity contribution in [1.29, 1.82) is 0 Å². The number of aromatic nitrogens is 2. The molecule has 3 heterocycles. The lowest BCUT2D eigenvalue weighted by Gasteiger charge is -2.10. The van der Waals surface area contributed by atoms with Crippen LogP contribution in [0.2, 0.25) is 0 Å². The predicted octanol–water partition coefficient (Wildman–Crippen LogP) is 3.48. The van der Waals surface area contributed by atoms with E-state index in [4.69, 9.17) is 14.2 Å². The third kappa shape index (κ3) is 4.60. The molecule has 7 heteroatoms. The molecular weight excluding hydrogens is 396 g/mol. The van der Waals surface area contributed by atoms with Gasteiger partial charge < -0.3 is 14.2 Å². The van der Waals surface area contributed by atoms with Gasteiger partial charge in [-0.1, -0.05) is 6.07 Å². The van der Waals surface area contributed by atoms with Crippen LogP contribution in [0, 0.1) is 6.92 Å². The first-order valence-electron chi connectivity index (χ1n) is 10.2. The third-order valence-corrected chi connectivity index (χ3v) is 4.95. The van der Waals surface area contributed by atoms with Crippen LogP contribution in [0.25, 0.3) is 11.7 Å². The second-order valence-electron chi connectivity index (χ2n) is 7.52. The van der Waals surface area contributed by atoms with Gasteiger partial charge in [0.15, 0.2) is 0 Å². The summed E-state index contributed by atoms with van der Waals surface area (Å²) in [5.74, 6) is 0.964. The Morgan fingerprint density at radius 1 is 1.32 bits per heavy atom. The van der Waals surface area contributed by atoms with Gasteiger partial charge in [-0.15, -0.1) is 0 Å². The van der Waals surface area contributed by atoms with E-state index in [1.165, 1.54) is 16.5 Å². The molecule has 0 saturated heterocycles. The van der Waals surface area contributed by atoms with Crippen LogP contribution in [-0.2, 0) is 22.6 Å². The summed E-state index contributed by atoms with van der Waals surface area (Å²) in [4.78, 5) is 28.9. The minimum atomic E-state index is -0.539. The number of carbonyl (C=O) groups excluding carboxylic acids is 1. The topological polar surface area (TPSA) is 79.1 Å². The standard InChI is InChI=1S/C24H24N2O5/c1-4-29-20-11-18-9-16(3)31-21(18)10-17(20)6-8-24(28)30-14-19-12-23(27)26-13-15(2)5-7-22(26)25-19/h5-8,10-13,16H,4,9,14H2,1-3H3/b8-6+/t16-/m0/s1. The van der Waals surface area contributed by atoms with E-state index >= 15 is 0 Å². The Labute approximate surface area is 179 Å². The highest BCUT2D eigenvalue weighted by Gasteiger charge is 2.21. The summed E-state index contributed by atoms with van der Waals surface area (Å²) in [5, 5.41) is 0. The van der Waals surface area contributed by atoms with Crippen LogP contribution in [0.1, 0.15) is 36.2 Å². The minimum Gasteiger partial charge on any atom is -0.493 e. The normalized spacial score (nSPS) is 15.1. The van der Waals surface area contributed by atoms with E-state index in [2.05, 4.69) is 4.98 Å². The van der Waals surface area contributed by atoms with E-state index in [9.17, 15) is 9.59 Å². The van der Waals surface area contributed by atoms with Crippen LogP contribution in [-0.4, -0.2) is 28.1 Å². The molecule has 0 fully saturated rings. The Kier molecular flexibility index (Phi) is 5.75. The second kappa shape index (κ2) is 8.63. The van der Waals surface area contributed by atoms with Crippen LogP contribution >= 0.6 is 0 Å². The average Bonchev–Trinajstić information content (AvgIpc) is 3.10. The largest absolute Gasteiger partial charge is 0.493 e. The Bertz CT molecular complexity index is 1230. The fourth-order valence-electron chi connectivity index (χ4n) is 3.55.